The summed E-state index contributed by atoms with van der Waals surface area (Å²) in [6.45, 7) is 7.12. The third kappa shape index (κ3) is 5.06. The number of esters is 1. The molecule has 1 saturated heterocycles. The van der Waals surface area contributed by atoms with E-state index in [1.54, 1.807) is 13.0 Å². The standard InChI is InChI=1S/C18H22N3O4/c1-4-8-15-17(25-13(3)22)18(16(20-21-19)12(2)24-15)23-11-14-9-6-5-7-10-14/h4-7,9-10,12,16-18H,1,8,11H2,2-3H3/t12-,16-,17-,18+/m1/s1. The zero-order chi connectivity index (χ0) is 18.2. The molecule has 1 aliphatic heterocycles. The first-order chi connectivity index (χ1) is 12.1. The fraction of sp³-hybridized carbons (Fsp3) is 0.444. The molecular weight excluding hydrogens is 322 g/mol. The van der Waals surface area contributed by atoms with Crippen LogP contribution < -0.4 is 0 Å². The largest absolute Gasteiger partial charge is 0.457 e. The predicted molar refractivity (Wildman–Crippen MR) is 92.1 cm³/mol. The molecule has 0 N–H and O–H groups in total. The van der Waals surface area contributed by atoms with Gasteiger partial charge in [0.05, 0.1) is 18.8 Å². The quantitative estimate of drug-likeness (QED) is 0.248. The summed E-state index contributed by atoms with van der Waals surface area (Å²) >= 11 is 0. The summed E-state index contributed by atoms with van der Waals surface area (Å²) in [5.74, 6) is -0.460. The molecular formula is C18H22N3O4. The van der Waals surface area contributed by atoms with Gasteiger partial charge in [-0.15, -0.1) is 6.58 Å². The van der Waals surface area contributed by atoms with Crippen LogP contribution in [-0.4, -0.2) is 30.3 Å². The van der Waals surface area contributed by atoms with Crippen LogP contribution >= 0.6 is 0 Å². The van der Waals surface area contributed by atoms with Gasteiger partial charge in [-0.25, -0.2) is 0 Å². The Balaban J connectivity index is 2.26. The molecule has 7 nitrogen and oxygen atoms in total. The molecule has 0 saturated carbocycles. The van der Waals surface area contributed by atoms with Crippen LogP contribution in [0.4, 0.5) is 0 Å². The van der Waals surface area contributed by atoms with Gasteiger partial charge in [0, 0.05) is 18.3 Å². The molecule has 4 atom stereocenters. The Morgan fingerprint density at radius 2 is 2.16 bits per heavy atom. The zero-order valence-electron chi connectivity index (χ0n) is 14.4. The van der Waals surface area contributed by atoms with E-state index in [0.717, 1.165) is 5.56 Å². The van der Waals surface area contributed by atoms with E-state index in [0.29, 0.717) is 19.1 Å². The lowest BCUT2D eigenvalue weighted by Gasteiger charge is -2.42. The summed E-state index contributed by atoms with van der Waals surface area (Å²) < 4.78 is 17.3. The highest BCUT2D eigenvalue weighted by Gasteiger charge is 2.47. The number of nitrogens with zero attached hydrogens (tertiary/aromatic N) is 3. The maximum absolute atomic E-state index is 11.6. The molecule has 0 spiro atoms. The Hall–Kier alpha value is -2.34. The molecule has 7 heteroatoms. The van der Waals surface area contributed by atoms with Gasteiger partial charge in [-0.05, 0) is 18.0 Å². The molecule has 1 radical (unpaired) electrons. The van der Waals surface area contributed by atoms with E-state index < -0.39 is 30.3 Å². The third-order valence-corrected chi connectivity index (χ3v) is 3.88. The van der Waals surface area contributed by atoms with E-state index in [1.807, 2.05) is 30.3 Å². The average molecular weight is 344 g/mol. The summed E-state index contributed by atoms with van der Waals surface area (Å²) in [5.41, 5.74) is 9.86. The van der Waals surface area contributed by atoms with Crippen molar-refractivity contribution in [2.75, 3.05) is 0 Å². The zero-order valence-corrected chi connectivity index (χ0v) is 14.4. The van der Waals surface area contributed by atoms with Gasteiger partial charge in [-0.2, -0.15) is 0 Å². The van der Waals surface area contributed by atoms with Crippen LogP contribution in [0.5, 0.6) is 0 Å². The SMILES string of the molecule is C=CC[C]1O[C@H](C)[C@@H](N=[N+]=[N-])[C@H](OCc2ccccc2)[C@@H]1OC(C)=O. The average Bonchev–Trinajstić information content (AvgIpc) is 2.59. The van der Waals surface area contributed by atoms with Crippen LogP contribution in [0.15, 0.2) is 48.1 Å². The minimum atomic E-state index is -0.758. The lowest BCUT2D eigenvalue weighted by atomic mass is 9.92. The van der Waals surface area contributed by atoms with Gasteiger partial charge in [-0.3, -0.25) is 4.79 Å². The van der Waals surface area contributed by atoms with Crippen LogP contribution in [-0.2, 0) is 25.6 Å². The molecule has 1 heterocycles. The third-order valence-electron chi connectivity index (χ3n) is 3.88. The highest BCUT2D eigenvalue weighted by atomic mass is 16.6. The second-order valence-corrected chi connectivity index (χ2v) is 5.77. The van der Waals surface area contributed by atoms with Crippen molar-refractivity contribution in [3.63, 3.8) is 0 Å². The number of rotatable bonds is 7. The molecule has 0 unspecified atom stereocenters. The van der Waals surface area contributed by atoms with Crippen LogP contribution in [0, 0.1) is 6.10 Å². The summed E-state index contributed by atoms with van der Waals surface area (Å²) in [5, 5.41) is 3.81. The van der Waals surface area contributed by atoms with E-state index in [1.165, 1.54) is 6.92 Å². The maximum atomic E-state index is 11.6. The Kier molecular flexibility index (Phi) is 7.01. The molecule has 133 valence electrons. The molecule has 0 aliphatic carbocycles. The van der Waals surface area contributed by atoms with Crippen molar-refractivity contribution in [3.05, 3.63) is 65.1 Å². The lowest BCUT2D eigenvalue weighted by Crippen LogP contribution is -2.54. The van der Waals surface area contributed by atoms with E-state index in [2.05, 4.69) is 16.6 Å². The molecule has 0 amide bonds. The van der Waals surface area contributed by atoms with Crippen LogP contribution in [0.25, 0.3) is 10.4 Å². The highest BCUT2D eigenvalue weighted by molar-refractivity contribution is 5.66. The Morgan fingerprint density at radius 1 is 1.44 bits per heavy atom. The van der Waals surface area contributed by atoms with Gasteiger partial charge in [-0.1, -0.05) is 41.5 Å². The van der Waals surface area contributed by atoms with Gasteiger partial charge in [0.25, 0.3) is 0 Å². The van der Waals surface area contributed by atoms with Crippen LogP contribution in [0.2, 0.25) is 0 Å². The fourth-order valence-corrected chi connectivity index (χ4v) is 2.79. The number of ether oxygens (including phenoxy) is 3. The highest BCUT2D eigenvalue weighted by Crippen LogP contribution is 2.34. The number of benzene rings is 1. The Bertz CT molecular complexity index is 630. The minimum Gasteiger partial charge on any atom is -0.457 e. The first-order valence-corrected chi connectivity index (χ1v) is 8.07. The first-order valence-electron chi connectivity index (χ1n) is 8.07. The summed E-state index contributed by atoms with van der Waals surface area (Å²) in [4.78, 5) is 14.4. The van der Waals surface area contributed by atoms with Crippen molar-refractivity contribution in [2.24, 2.45) is 5.11 Å². The normalized spacial score (nSPS) is 26.5. The molecule has 1 fully saturated rings. The summed E-state index contributed by atoms with van der Waals surface area (Å²) in [6, 6.07) is 8.98. The Morgan fingerprint density at radius 3 is 2.76 bits per heavy atom. The second-order valence-electron chi connectivity index (χ2n) is 5.77. The van der Waals surface area contributed by atoms with Gasteiger partial charge in [0.2, 0.25) is 0 Å². The molecule has 0 aromatic heterocycles. The first kappa shape index (κ1) is 19.0. The van der Waals surface area contributed by atoms with E-state index >= 15 is 0 Å². The van der Waals surface area contributed by atoms with Crippen molar-refractivity contribution < 1.29 is 19.0 Å². The number of azide groups is 1. The van der Waals surface area contributed by atoms with Gasteiger partial charge >= 0.3 is 5.97 Å². The molecule has 1 aliphatic rings. The predicted octanol–water partition coefficient (Wildman–Crippen LogP) is 3.71. The fourth-order valence-electron chi connectivity index (χ4n) is 2.79. The van der Waals surface area contributed by atoms with Crippen LogP contribution in [0.1, 0.15) is 25.8 Å². The van der Waals surface area contributed by atoms with Crippen molar-refractivity contribution in [1.29, 1.82) is 0 Å². The molecule has 1 aromatic carbocycles. The van der Waals surface area contributed by atoms with E-state index in [4.69, 9.17) is 19.7 Å². The van der Waals surface area contributed by atoms with Crippen molar-refractivity contribution in [3.8, 4) is 0 Å². The number of carbonyl (C=O) groups is 1. The smallest absolute Gasteiger partial charge is 0.303 e. The van der Waals surface area contributed by atoms with Gasteiger partial charge in [0.15, 0.2) is 6.10 Å². The number of carbonyl (C=O) groups excluding carboxylic acids is 1. The number of hydrogen-bond acceptors (Lipinski definition) is 5. The molecule has 1 aromatic rings. The Labute approximate surface area is 147 Å². The summed E-state index contributed by atoms with van der Waals surface area (Å²) in [6.07, 6.45) is 0.820. The molecule has 25 heavy (non-hydrogen) atoms. The second kappa shape index (κ2) is 9.22. The van der Waals surface area contributed by atoms with Gasteiger partial charge in [0.1, 0.15) is 12.2 Å². The van der Waals surface area contributed by atoms with E-state index in [-0.39, 0.29) is 0 Å². The topological polar surface area (TPSA) is 93.5 Å². The minimum absolute atomic E-state index is 0.300. The molecule has 0 bridgehead atoms. The van der Waals surface area contributed by atoms with Crippen LogP contribution in [0.3, 0.4) is 0 Å². The molecule has 2 rings (SSSR count). The van der Waals surface area contributed by atoms with Crippen molar-refractivity contribution in [2.45, 2.75) is 51.2 Å². The van der Waals surface area contributed by atoms with E-state index in [9.17, 15) is 4.79 Å². The maximum Gasteiger partial charge on any atom is 0.303 e. The number of hydrogen-bond donors (Lipinski definition) is 0. The summed E-state index contributed by atoms with van der Waals surface area (Å²) in [7, 11) is 0. The monoisotopic (exact) mass is 344 g/mol. The van der Waals surface area contributed by atoms with Crippen molar-refractivity contribution in [1.82, 2.24) is 0 Å². The lowest BCUT2D eigenvalue weighted by molar-refractivity contribution is -0.182. The van der Waals surface area contributed by atoms with Gasteiger partial charge < -0.3 is 14.2 Å². The van der Waals surface area contributed by atoms with Crippen molar-refractivity contribution >= 4 is 5.97 Å².